The van der Waals surface area contributed by atoms with E-state index in [1.165, 1.54) is 13.0 Å². The summed E-state index contributed by atoms with van der Waals surface area (Å²) in [6.45, 7) is 1.51. The Morgan fingerprint density at radius 2 is 2.00 bits per heavy atom. The molecule has 0 N–H and O–H groups in total. The van der Waals surface area contributed by atoms with Crippen molar-refractivity contribution in [2.45, 2.75) is 19.1 Å². The highest BCUT2D eigenvalue weighted by molar-refractivity contribution is 6.30. The molecule has 1 aromatic carbocycles. The van der Waals surface area contributed by atoms with Crippen LogP contribution in [-0.2, 0) is 4.79 Å². The van der Waals surface area contributed by atoms with Crippen molar-refractivity contribution in [1.82, 2.24) is 4.90 Å². The molecule has 1 aromatic rings. The zero-order valence-electron chi connectivity index (χ0n) is 9.25. The third-order valence-corrected chi connectivity index (χ3v) is 2.71. The molecule has 17 heavy (non-hydrogen) atoms. The first-order valence-electron chi connectivity index (χ1n) is 4.83. The van der Waals surface area contributed by atoms with Crippen LogP contribution in [0, 0.1) is 0 Å². The van der Waals surface area contributed by atoms with Crippen molar-refractivity contribution < 1.29 is 18.0 Å². The fourth-order valence-corrected chi connectivity index (χ4v) is 1.56. The number of hydrogen-bond donors (Lipinski definition) is 0. The molecule has 0 aromatic heterocycles. The molecular weight excluding hydrogens is 255 g/mol. The van der Waals surface area contributed by atoms with Gasteiger partial charge in [0.15, 0.2) is 0 Å². The number of alkyl halides is 3. The molecule has 2 nitrogen and oxygen atoms in total. The maximum atomic E-state index is 12.2. The number of carbonyl (C=O) groups is 1. The first-order valence-corrected chi connectivity index (χ1v) is 5.20. The van der Waals surface area contributed by atoms with Crippen LogP contribution in [0.25, 0.3) is 0 Å². The molecule has 0 fully saturated rings. The molecule has 0 spiro atoms. The van der Waals surface area contributed by atoms with E-state index in [2.05, 4.69) is 0 Å². The van der Waals surface area contributed by atoms with E-state index in [9.17, 15) is 18.0 Å². The van der Waals surface area contributed by atoms with Gasteiger partial charge in [0.1, 0.15) is 0 Å². The van der Waals surface area contributed by atoms with E-state index < -0.39 is 18.1 Å². The molecule has 94 valence electrons. The van der Waals surface area contributed by atoms with Crippen LogP contribution in [0.15, 0.2) is 24.3 Å². The van der Waals surface area contributed by atoms with E-state index in [1.54, 1.807) is 18.2 Å². The molecule has 0 bridgehead atoms. The van der Waals surface area contributed by atoms with E-state index in [1.807, 2.05) is 0 Å². The van der Waals surface area contributed by atoms with Crippen molar-refractivity contribution in [2.24, 2.45) is 0 Å². The van der Waals surface area contributed by atoms with Gasteiger partial charge in [-0.05, 0) is 24.6 Å². The Morgan fingerprint density at radius 3 is 2.47 bits per heavy atom. The molecule has 0 heterocycles. The lowest BCUT2D eigenvalue weighted by Gasteiger charge is -2.26. The van der Waals surface area contributed by atoms with Crippen molar-refractivity contribution in [3.05, 3.63) is 34.9 Å². The van der Waals surface area contributed by atoms with Crippen LogP contribution in [0.4, 0.5) is 13.2 Å². The number of rotatable bonds is 2. The lowest BCUT2D eigenvalue weighted by Crippen LogP contribution is -2.39. The molecule has 1 rings (SSSR count). The van der Waals surface area contributed by atoms with Crippen molar-refractivity contribution in [3.8, 4) is 0 Å². The van der Waals surface area contributed by atoms with Crippen LogP contribution in [-0.4, -0.2) is 24.0 Å². The maximum Gasteiger partial charge on any atom is 0.471 e. The first-order chi connectivity index (χ1) is 7.73. The number of halogens is 4. The molecule has 0 radical (unpaired) electrons. The summed E-state index contributed by atoms with van der Waals surface area (Å²) in [7, 11) is 1.11. The van der Waals surface area contributed by atoms with E-state index in [0.717, 1.165) is 7.05 Å². The minimum Gasteiger partial charge on any atom is -0.331 e. The highest BCUT2D eigenvalue weighted by Crippen LogP contribution is 2.26. The molecule has 1 atom stereocenters. The van der Waals surface area contributed by atoms with Crippen molar-refractivity contribution in [2.75, 3.05) is 7.05 Å². The van der Waals surface area contributed by atoms with Gasteiger partial charge in [-0.1, -0.05) is 23.7 Å². The number of benzene rings is 1. The average molecular weight is 266 g/mol. The Morgan fingerprint density at radius 1 is 1.41 bits per heavy atom. The van der Waals surface area contributed by atoms with Crippen LogP contribution in [0.5, 0.6) is 0 Å². The Bertz CT molecular complexity index is 419. The van der Waals surface area contributed by atoms with Gasteiger partial charge in [0, 0.05) is 12.1 Å². The minimum absolute atomic E-state index is 0.419. The summed E-state index contributed by atoms with van der Waals surface area (Å²) in [5.74, 6) is -1.87. The SMILES string of the molecule is CC(c1cccc(Cl)c1)N(C)C(=O)C(F)(F)F. The van der Waals surface area contributed by atoms with Gasteiger partial charge in [0.05, 0.1) is 6.04 Å². The first kappa shape index (κ1) is 13.8. The summed E-state index contributed by atoms with van der Waals surface area (Å²) in [6.07, 6.45) is -4.86. The lowest BCUT2D eigenvalue weighted by atomic mass is 10.1. The number of carbonyl (C=O) groups excluding carboxylic acids is 1. The lowest BCUT2D eigenvalue weighted by molar-refractivity contribution is -0.186. The molecule has 1 amide bonds. The molecule has 0 aliphatic rings. The minimum atomic E-state index is -4.86. The Hall–Kier alpha value is -1.23. The number of amides is 1. The molecule has 0 aliphatic carbocycles. The zero-order valence-corrected chi connectivity index (χ0v) is 10.0. The number of hydrogen-bond acceptors (Lipinski definition) is 1. The average Bonchev–Trinajstić information content (AvgIpc) is 2.25. The largest absolute Gasteiger partial charge is 0.471 e. The summed E-state index contributed by atoms with van der Waals surface area (Å²) in [5, 5.41) is 0.419. The van der Waals surface area contributed by atoms with Gasteiger partial charge < -0.3 is 4.90 Å². The Kier molecular flexibility index (Phi) is 4.03. The molecule has 0 aliphatic heterocycles. The van der Waals surface area contributed by atoms with Crippen LogP contribution in [0.1, 0.15) is 18.5 Å². The molecule has 1 unspecified atom stereocenters. The van der Waals surface area contributed by atoms with Crippen molar-refractivity contribution >= 4 is 17.5 Å². The molecule has 0 saturated carbocycles. The van der Waals surface area contributed by atoms with Gasteiger partial charge in [0.25, 0.3) is 0 Å². The van der Waals surface area contributed by atoms with Crippen LogP contribution < -0.4 is 0 Å². The standard InChI is InChI=1S/C11H11ClF3NO/c1-7(8-4-3-5-9(12)6-8)16(2)10(17)11(13,14)15/h3-7H,1-2H3. The summed E-state index contributed by atoms with van der Waals surface area (Å²) in [5.41, 5.74) is 0.553. The van der Waals surface area contributed by atoms with Gasteiger partial charge in [-0.25, -0.2) is 0 Å². The molecule has 6 heteroatoms. The Labute approximate surface area is 102 Å². The predicted molar refractivity (Wildman–Crippen MR) is 58.7 cm³/mol. The van der Waals surface area contributed by atoms with Crippen LogP contribution >= 0.6 is 11.6 Å². The van der Waals surface area contributed by atoms with E-state index in [4.69, 9.17) is 11.6 Å². The topological polar surface area (TPSA) is 20.3 Å². The second-order valence-corrected chi connectivity index (χ2v) is 4.08. The second-order valence-electron chi connectivity index (χ2n) is 3.64. The number of nitrogens with zero attached hydrogens (tertiary/aromatic N) is 1. The van der Waals surface area contributed by atoms with E-state index in [0.29, 0.717) is 15.5 Å². The summed E-state index contributed by atoms with van der Waals surface area (Å²) >= 11 is 5.74. The monoisotopic (exact) mass is 265 g/mol. The summed E-state index contributed by atoms with van der Waals surface area (Å²) < 4.78 is 36.7. The highest BCUT2D eigenvalue weighted by Gasteiger charge is 2.42. The van der Waals surface area contributed by atoms with Crippen LogP contribution in [0.2, 0.25) is 5.02 Å². The van der Waals surface area contributed by atoms with Gasteiger partial charge in [-0.15, -0.1) is 0 Å². The third-order valence-electron chi connectivity index (χ3n) is 2.47. The molecule has 0 saturated heterocycles. The zero-order chi connectivity index (χ0) is 13.2. The Balaban J connectivity index is 2.91. The maximum absolute atomic E-state index is 12.2. The molecular formula is C11H11ClF3NO. The van der Waals surface area contributed by atoms with Gasteiger partial charge >= 0.3 is 12.1 Å². The van der Waals surface area contributed by atoms with Crippen LogP contribution in [0.3, 0.4) is 0 Å². The predicted octanol–water partition coefficient (Wildman–Crippen LogP) is 3.42. The summed E-state index contributed by atoms with van der Waals surface area (Å²) in [4.78, 5) is 11.7. The van der Waals surface area contributed by atoms with Gasteiger partial charge in [-0.2, -0.15) is 13.2 Å². The van der Waals surface area contributed by atoms with Gasteiger partial charge in [-0.3, -0.25) is 4.79 Å². The normalized spacial score (nSPS) is 13.3. The fourth-order valence-electron chi connectivity index (χ4n) is 1.37. The quantitative estimate of drug-likeness (QED) is 0.802. The highest BCUT2D eigenvalue weighted by atomic mass is 35.5. The van der Waals surface area contributed by atoms with Gasteiger partial charge in [0.2, 0.25) is 0 Å². The third kappa shape index (κ3) is 3.36. The summed E-state index contributed by atoms with van der Waals surface area (Å²) in [6, 6.07) is 5.70. The van der Waals surface area contributed by atoms with E-state index >= 15 is 0 Å². The second kappa shape index (κ2) is 4.96. The van der Waals surface area contributed by atoms with E-state index in [-0.39, 0.29) is 0 Å². The van der Waals surface area contributed by atoms with Crippen molar-refractivity contribution in [3.63, 3.8) is 0 Å². The fraction of sp³-hybridized carbons (Fsp3) is 0.364. The smallest absolute Gasteiger partial charge is 0.331 e. The van der Waals surface area contributed by atoms with Crippen molar-refractivity contribution in [1.29, 1.82) is 0 Å².